The first-order chi connectivity index (χ1) is 9.37. The molecule has 1 aliphatic heterocycles. The Morgan fingerprint density at radius 3 is 2.80 bits per heavy atom. The summed E-state index contributed by atoms with van der Waals surface area (Å²) < 4.78 is 26.5. The third kappa shape index (κ3) is 2.48. The maximum absolute atomic E-state index is 12.6. The Kier molecular flexibility index (Phi) is 3.96. The molecule has 7 nitrogen and oxygen atoms in total. The third-order valence-corrected chi connectivity index (χ3v) is 5.55. The van der Waals surface area contributed by atoms with Gasteiger partial charge in [0.15, 0.2) is 0 Å². The first kappa shape index (κ1) is 14.7. The van der Waals surface area contributed by atoms with Gasteiger partial charge in [-0.25, -0.2) is 8.42 Å². The average molecular weight is 299 g/mol. The van der Waals surface area contributed by atoms with Crippen molar-refractivity contribution in [2.24, 2.45) is 0 Å². The molecule has 20 heavy (non-hydrogen) atoms. The summed E-state index contributed by atoms with van der Waals surface area (Å²) in [4.78, 5) is 10.1. The number of sulfonamides is 1. The summed E-state index contributed by atoms with van der Waals surface area (Å²) in [6.45, 7) is 2.39. The number of nitro groups is 1. The van der Waals surface area contributed by atoms with Crippen LogP contribution >= 0.6 is 0 Å². The van der Waals surface area contributed by atoms with Crippen LogP contribution in [0, 0.1) is 10.1 Å². The molecule has 1 saturated heterocycles. The zero-order valence-corrected chi connectivity index (χ0v) is 12.0. The third-order valence-electron chi connectivity index (χ3n) is 3.60. The van der Waals surface area contributed by atoms with Gasteiger partial charge in [0.05, 0.1) is 9.82 Å². The predicted molar refractivity (Wildman–Crippen MR) is 74.7 cm³/mol. The molecule has 1 heterocycles. The largest absolute Gasteiger partial charge is 0.393 e. The van der Waals surface area contributed by atoms with Crippen LogP contribution in [-0.4, -0.2) is 30.2 Å². The van der Waals surface area contributed by atoms with Crippen LogP contribution in [0.25, 0.3) is 0 Å². The minimum absolute atomic E-state index is 0.0309. The lowest BCUT2D eigenvalue weighted by molar-refractivity contribution is -0.384. The molecule has 1 fully saturated rings. The molecule has 1 aromatic rings. The van der Waals surface area contributed by atoms with Gasteiger partial charge in [-0.05, 0) is 31.4 Å². The minimum Gasteiger partial charge on any atom is -0.393 e. The van der Waals surface area contributed by atoms with Crippen LogP contribution in [0.5, 0.6) is 0 Å². The molecule has 2 N–H and O–H groups in total. The zero-order chi connectivity index (χ0) is 14.9. The van der Waals surface area contributed by atoms with Crippen LogP contribution in [0.4, 0.5) is 11.4 Å². The Bertz CT molecular complexity index is 630. The van der Waals surface area contributed by atoms with Crippen LogP contribution in [0.2, 0.25) is 0 Å². The van der Waals surface area contributed by atoms with Crippen molar-refractivity contribution < 1.29 is 13.3 Å². The van der Waals surface area contributed by atoms with Crippen molar-refractivity contribution in [3.63, 3.8) is 0 Å². The smallest absolute Gasteiger partial charge is 0.293 e. The summed E-state index contributed by atoms with van der Waals surface area (Å²) in [5, 5.41) is 10.9. The van der Waals surface area contributed by atoms with Gasteiger partial charge in [0, 0.05) is 18.7 Å². The number of hydrogen-bond acceptors (Lipinski definition) is 5. The molecule has 8 heteroatoms. The van der Waals surface area contributed by atoms with E-state index in [4.69, 9.17) is 5.73 Å². The standard InChI is InChI=1S/C12H17N3O4S/c1-2-9-4-3-7-14(9)20(18,19)10-5-6-11(13)12(8-10)15(16)17/h5-6,8-9H,2-4,7,13H2,1H3. The quantitative estimate of drug-likeness (QED) is 0.517. The highest BCUT2D eigenvalue weighted by molar-refractivity contribution is 7.89. The molecule has 1 atom stereocenters. The van der Waals surface area contributed by atoms with Crippen LogP contribution < -0.4 is 5.73 Å². The molecule has 110 valence electrons. The van der Waals surface area contributed by atoms with Crippen molar-refractivity contribution in [2.45, 2.75) is 37.1 Å². The topological polar surface area (TPSA) is 107 Å². The van der Waals surface area contributed by atoms with E-state index in [1.54, 1.807) is 0 Å². The molecule has 0 radical (unpaired) electrons. The molecular weight excluding hydrogens is 282 g/mol. The highest BCUT2D eigenvalue weighted by Crippen LogP contribution is 2.31. The van der Waals surface area contributed by atoms with Gasteiger partial charge in [-0.2, -0.15) is 4.31 Å². The monoisotopic (exact) mass is 299 g/mol. The molecule has 2 rings (SSSR count). The van der Waals surface area contributed by atoms with Gasteiger partial charge in [-0.15, -0.1) is 0 Å². The fraction of sp³-hybridized carbons (Fsp3) is 0.500. The van der Waals surface area contributed by atoms with E-state index in [0.717, 1.165) is 25.3 Å². The summed E-state index contributed by atoms with van der Waals surface area (Å²) in [6.07, 6.45) is 2.37. The summed E-state index contributed by atoms with van der Waals surface area (Å²) >= 11 is 0. The number of anilines is 1. The number of benzene rings is 1. The Hall–Kier alpha value is -1.67. The average Bonchev–Trinajstić information content (AvgIpc) is 2.87. The van der Waals surface area contributed by atoms with Gasteiger partial charge in [-0.1, -0.05) is 6.92 Å². The highest BCUT2D eigenvalue weighted by atomic mass is 32.2. The summed E-state index contributed by atoms with van der Waals surface area (Å²) in [7, 11) is -3.70. The van der Waals surface area contributed by atoms with Crippen LogP contribution in [0.3, 0.4) is 0 Å². The van der Waals surface area contributed by atoms with Gasteiger partial charge < -0.3 is 5.73 Å². The van der Waals surface area contributed by atoms with E-state index >= 15 is 0 Å². The number of rotatable bonds is 4. The van der Waals surface area contributed by atoms with Gasteiger partial charge in [0.2, 0.25) is 10.0 Å². The van der Waals surface area contributed by atoms with Gasteiger partial charge in [-0.3, -0.25) is 10.1 Å². The SMILES string of the molecule is CCC1CCCN1S(=O)(=O)c1ccc(N)c([N+](=O)[O-])c1. The van der Waals surface area contributed by atoms with Crippen molar-refractivity contribution in [1.82, 2.24) is 4.31 Å². The second-order valence-corrected chi connectivity index (χ2v) is 6.69. The first-order valence-corrected chi connectivity index (χ1v) is 7.87. The van der Waals surface area contributed by atoms with Crippen molar-refractivity contribution in [1.29, 1.82) is 0 Å². The van der Waals surface area contributed by atoms with E-state index in [1.807, 2.05) is 6.92 Å². The number of nitro benzene ring substituents is 1. The molecule has 1 unspecified atom stereocenters. The zero-order valence-electron chi connectivity index (χ0n) is 11.2. The highest BCUT2D eigenvalue weighted by Gasteiger charge is 2.35. The predicted octanol–water partition coefficient (Wildman–Crippen LogP) is 1.74. The molecule has 0 saturated carbocycles. The molecule has 0 amide bonds. The first-order valence-electron chi connectivity index (χ1n) is 6.43. The molecule has 1 aliphatic rings. The summed E-state index contributed by atoms with van der Waals surface area (Å²) in [5.41, 5.74) is 5.07. The van der Waals surface area contributed by atoms with Crippen LogP contribution in [-0.2, 0) is 10.0 Å². The van der Waals surface area contributed by atoms with Crippen LogP contribution in [0.15, 0.2) is 23.1 Å². The van der Waals surface area contributed by atoms with Crippen molar-refractivity contribution in [3.05, 3.63) is 28.3 Å². The van der Waals surface area contributed by atoms with E-state index in [1.165, 1.54) is 16.4 Å². The Balaban J connectivity index is 2.44. The van der Waals surface area contributed by atoms with Gasteiger partial charge in [0.25, 0.3) is 5.69 Å². The van der Waals surface area contributed by atoms with E-state index in [2.05, 4.69) is 0 Å². The number of nitrogens with zero attached hydrogens (tertiary/aromatic N) is 2. The Morgan fingerprint density at radius 1 is 1.50 bits per heavy atom. The summed E-state index contributed by atoms with van der Waals surface area (Å²) in [6, 6.07) is 3.59. The van der Waals surface area contributed by atoms with E-state index in [-0.39, 0.29) is 22.3 Å². The number of nitrogens with two attached hydrogens (primary N) is 1. The van der Waals surface area contributed by atoms with Crippen molar-refractivity contribution in [2.75, 3.05) is 12.3 Å². The lowest BCUT2D eigenvalue weighted by Crippen LogP contribution is -2.35. The minimum atomic E-state index is -3.70. The van der Waals surface area contributed by atoms with E-state index in [0.29, 0.717) is 6.54 Å². The van der Waals surface area contributed by atoms with Crippen molar-refractivity contribution in [3.8, 4) is 0 Å². The van der Waals surface area contributed by atoms with Gasteiger partial charge in [0.1, 0.15) is 5.69 Å². The summed E-state index contributed by atoms with van der Waals surface area (Å²) in [5.74, 6) is 0. The van der Waals surface area contributed by atoms with E-state index in [9.17, 15) is 18.5 Å². The Labute approximate surface area is 117 Å². The second kappa shape index (κ2) is 5.37. The van der Waals surface area contributed by atoms with Gasteiger partial charge >= 0.3 is 0 Å². The normalized spacial score (nSPS) is 20.1. The molecule has 0 aliphatic carbocycles. The number of nitrogen functional groups attached to an aromatic ring is 1. The van der Waals surface area contributed by atoms with Crippen molar-refractivity contribution >= 4 is 21.4 Å². The lowest BCUT2D eigenvalue weighted by atomic mass is 10.2. The maximum Gasteiger partial charge on any atom is 0.293 e. The maximum atomic E-state index is 12.6. The van der Waals surface area contributed by atoms with Crippen LogP contribution in [0.1, 0.15) is 26.2 Å². The molecule has 0 spiro atoms. The van der Waals surface area contributed by atoms with E-state index < -0.39 is 14.9 Å². The fourth-order valence-corrected chi connectivity index (χ4v) is 4.30. The number of hydrogen-bond donors (Lipinski definition) is 1. The lowest BCUT2D eigenvalue weighted by Gasteiger charge is -2.22. The molecule has 1 aromatic carbocycles. The second-order valence-electron chi connectivity index (χ2n) is 4.80. The molecule has 0 aromatic heterocycles. The Morgan fingerprint density at radius 2 is 2.20 bits per heavy atom. The molecular formula is C12H17N3O4S. The fourth-order valence-electron chi connectivity index (χ4n) is 2.51. The molecule has 0 bridgehead atoms.